The molecule has 0 fully saturated rings. The number of H-pyrrole nitrogens is 1. The molecule has 0 amide bonds. The number of hydrogen-bond donors (Lipinski definition) is 1. The maximum absolute atomic E-state index is 3.19. The van der Waals surface area contributed by atoms with Gasteiger partial charge in [0.2, 0.25) is 0 Å². The lowest BCUT2D eigenvalue weighted by Crippen LogP contribution is -2.08. The number of nitrogens with one attached hydrogen (secondary N) is 1. The van der Waals surface area contributed by atoms with Crippen molar-refractivity contribution in [3.05, 3.63) is 23.5 Å². The lowest BCUT2D eigenvalue weighted by atomic mass is 9.89. The lowest BCUT2D eigenvalue weighted by molar-refractivity contribution is 0.411. The highest BCUT2D eigenvalue weighted by molar-refractivity contribution is 5.16. The Balaban J connectivity index is 2.65. The van der Waals surface area contributed by atoms with Crippen LogP contribution in [0.4, 0.5) is 0 Å². The molecule has 62 valence electrons. The molecular formula is C10H17N. The highest BCUT2D eigenvalue weighted by Gasteiger charge is 2.11. The van der Waals surface area contributed by atoms with Crippen molar-refractivity contribution in [2.24, 2.45) is 5.41 Å². The largest absolute Gasteiger partial charge is 0.365 e. The Morgan fingerprint density at radius 2 is 2.00 bits per heavy atom. The topological polar surface area (TPSA) is 15.8 Å². The van der Waals surface area contributed by atoms with E-state index in [2.05, 4.69) is 44.9 Å². The predicted octanol–water partition coefficient (Wildman–Crippen LogP) is 2.91. The molecule has 0 aliphatic heterocycles. The van der Waals surface area contributed by atoms with E-state index in [0.717, 1.165) is 6.42 Å². The normalized spacial score (nSPS) is 12.0. The van der Waals surface area contributed by atoms with Crippen LogP contribution in [0.5, 0.6) is 0 Å². The Morgan fingerprint density at radius 3 is 2.36 bits per heavy atom. The zero-order chi connectivity index (χ0) is 8.48. The highest BCUT2D eigenvalue weighted by Crippen LogP contribution is 2.20. The molecule has 1 N–H and O–H groups in total. The summed E-state index contributed by atoms with van der Waals surface area (Å²) in [6, 6.07) is 2.21. The fourth-order valence-electron chi connectivity index (χ4n) is 1.28. The monoisotopic (exact) mass is 151 g/mol. The molecule has 0 saturated carbocycles. The average molecular weight is 151 g/mol. The van der Waals surface area contributed by atoms with Crippen LogP contribution in [0, 0.1) is 12.3 Å². The summed E-state index contributed by atoms with van der Waals surface area (Å²) in [4.78, 5) is 3.19. The van der Waals surface area contributed by atoms with E-state index in [0.29, 0.717) is 5.41 Å². The van der Waals surface area contributed by atoms with Gasteiger partial charge in [0.25, 0.3) is 0 Å². The molecule has 1 nitrogen and oxygen atoms in total. The second-order valence-electron chi connectivity index (χ2n) is 4.43. The number of aromatic nitrogens is 1. The molecule has 1 heteroatoms. The van der Waals surface area contributed by atoms with Crippen LogP contribution in [0.15, 0.2) is 12.3 Å². The van der Waals surface area contributed by atoms with Crippen molar-refractivity contribution in [2.75, 3.05) is 0 Å². The van der Waals surface area contributed by atoms with Crippen LogP contribution in [0.1, 0.15) is 32.0 Å². The molecule has 0 radical (unpaired) electrons. The van der Waals surface area contributed by atoms with Crippen molar-refractivity contribution in [2.45, 2.75) is 34.1 Å². The molecule has 1 heterocycles. The molecule has 1 aromatic rings. The molecule has 11 heavy (non-hydrogen) atoms. The highest BCUT2D eigenvalue weighted by atomic mass is 14.7. The van der Waals surface area contributed by atoms with Crippen LogP contribution >= 0.6 is 0 Å². The molecule has 0 atom stereocenters. The van der Waals surface area contributed by atoms with E-state index in [9.17, 15) is 0 Å². The van der Waals surface area contributed by atoms with Gasteiger partial charge in [-0.15, -0.1) is 0 Å². The first-order valence-corrected chi connectivity index (χ1v) is 4.11. The first kappa shape index (κ1) is 8.38. The van der Waals surface area contributed by atoms with Crippen molar-refractivity contribution in [1.29, 1.82) is 0 Å². The Labute approximate surface area is 68.8 Å². The van der Waals surface area contributed by atoms with Gasteiger partial charge in [0.05, 0.1) is 0 Å². The summed E-state index contributed by atoms with van der Waals surface area (Å²) < 4.78 is 0. The molecule has 0 spiro atoms. The minimum atomic E-state index is 0.397. The van der Waals surface area contributed by atoms with Crippen molar-refractivity contribution in [3.63, 3.8) is 0 Å². The van der Waals surface area contributed by atoms with Crippen LogP contribution in [-0.2, 0) is 6.42 Å². The molecule has 0 unspecified atom stereocenters. The number of aromatic amines is 1. The predicted molar refractivity (Wildman–Crippen MR) is 48.7 cm³/mol. The lowest BCUT2D eigenvalue weighted by Gasteiger charge is -2.16. The molecule has 1 aromatic heterocycles. The van der Waals surface area contributed by atoms with Crippen LogP contribution in [0.25, 0.3) is 0 Å². The van der Waals surface area contributed by atoms with E-state index in [1.807, 2.05) is 0 Å². The number of hydrogen-bond acceptors (Lipinski definition) is 0. The second kappa shape index (κ2) is 2.72. The Kier molecular flexibility index (Phi) is 2.08. The van der Waals surface area contributed by atoms with Crippen molar-refractivity contribution in [3.8, 4) is 0 Å². The molecular weight excluding hydrogens is 134 g/mol. The summed E-state index contributed by atoms with van der Waals surface area (Å²) in [5.74, 6) is 0. The molecule has 0 aliphatic rings. The third kappa shape index (κ3) is 2.79. The fourth-order valence-corrected chi connectivity index (χ4v) is 1.28. The zero-order valence-electron chi connectivity index (χ0n) is 7.86. The van der Waals surface area contributed by atoms with Gasteiger partial charge in [-0.2, -0.15) is 0 Å². The third-order valence-electron chi connectivity index (χ3n) is 1.62. The maximum atomic E-state index is 3.19. The third-order valence-corrected chi connectivity index (χ3v) is 1.62. The minimum Gasteiger partial charge on any atom is -0.365 e. The average Bonchev–Trinajstić information content (AvgIpc) is 2.10. The van der Waals surface area contributed by atoms with Crippen LogP contribution in [-0.4, -0.2) is 4.98 Å². The van der Waals surface area contributed by atoms with Crippen molar-refractivity contribution >= 4 is 0 Å². The summed E-state index contributed by atoms with van der Waals surface area (Å²) in [5, 5.41) is 0. The van der Waals surface area contributed by atoms with E-state index < -0.39 is 0 Å². The summed E-state index contributed by atoms with van der Waals surface area (Å²) >= 11 is 0. The van der Waals surface area contributed by atoms with Crippen LogP contribution < -0.4 is 0 Å². The first-order chi connectivity index (χ1) is 4.97. The second-order valence-corrected chi connectivity index (χ2v) is 4.43. The maximum Gasteiger partial charge on any atom is 0.0118 e. The van der Waals surface area contributed by atoms with Crippen molar-refractivity contribution in [1.82, 2.24) is 4.98 Å². The Bertz CT molecular complexity index is 227. The quantitative estimate of drug-likeness (QED) is 0.635. The van der Waals surface area contributed by atoms with Gasteiger partial charge in [0.1, 0.15) is 0 Å². The molecule has 0 bridgehead atoms. The molecule has 0 aliphatic carbocycles. The summed E-state index contributed by atoms with van der Waals surface area (Å²) in [6.45, 7) is 8.87. The van der Waals surface area contributed by atoms with Gasteiger partial charge in [-0.05, 0) is 30.4 Å². The molecule has 0 saturated heterocycles. The summed E-state index contributed by atoms with van der Waals surface area (Å²) in [5.41, 5.74) is 3.06. The number of aryl methyl sites for hydroxylation is 1. The summed E-state index contributed by atoms with van der Waals surface area (Å²) in [7, 11) is 0. The van der Waals surface area contributed by atoms with E-state index >= 15 is 0 Å². The number of rotatable bonds is 1. The van der Waals surface area contributed by atoms with Gasteiger partial charge in [-0.25, -0.2) is 0 Å². The van der Waals surface area contributed by atoms with Gasteiger partial charge < -0.3 is 4.98 Å². The molecule has 0 aromatic carbocycles. The fraction of sp³-hybridized carbons (Fsp3) is 0.600. The first-order valence-electron chi connectivity index (χ1n) is 4.11. The van der Waals surface area contributed by atoms with Crippen LogP contribution in [0.3, 0.4) is 0 Å². The Morgan fingerprint density at radius 1 is 1.36 bits per heavy atom. The summed E-state index contributed by atoms with van der Waals surface area (Å²) in [6.07, 6.45) is 3.25. The van der Waals surface area contributed by atoms with E-state index in [1.54, 1.807) is 0 Å². The zero-order valence-corrected chi connectivity index (χ0v) is 7.86. The Hall–Kier alpha value is -0.720. The van der Waals surface area contributed by atoms with Gasteiger partial charge >= 0.3 is 0 Å². The standard InChI is InChI=1S/C10H17N/c1-8-5-9(7-11-8)6-10(2,3)4/h5,7,11H,6H2,1-4H3. The van der Waals surface area contributed by atoms with Gasteiger partial charge in [0, 0.05) is 11.9 Å². The van der Waals surface area contributed by atoms with Gasteiger partial charge in [-0.1, -0.05) is 20.8 Å². The minimum absolute atomic E-state index is 0.397. The van der Waals surface area contributed by atoms with Crippen molar-refractivity contribution < 1.29 is 0 Å². The van der Waals surface area contributed by atoms with E-state index in [1.165, 1.54) is 11.3 Å². The smallest absolute Gasteiger partial charge is 0.0118 e. The van der Waals surface area contributed by atoms with Crippen LogP contribution in [0.2, 0.25) is 0 Å². The molecule has 1 rings (SSSR count). The van der Waals surface area contributed by atoms with Gasteiger partial charge in [-0.3, -0.25) is 0 Å². The van der Waals surface area contributed by atoms with E-state index in [-0.39, 0.29) is 0 Å². The van der Waals surface area contributed by atoms with E-state index in [4.69, 9.17) is 0 Å². The SMILES string of the molecule is Cc1cc(CC(C)(C)C)c[nH]1. The van der Waals surface area contributed by atoms with Gasteiger partial charge in [0.15, 0.2) is 0 Å².